The van der Waals surface area contributed by atoms with Gasteiger partial charge in [-0.3, -0.25) is 4.40 Å². The first-order valence-corrected chi connectivity index (χ1v) is 5.90. The summed E-state index contributed by atoms with van der Waals surface area (Å²) in [4.78, 5) is 8.80. The minimum atomic E-state index is 0.306. The molecule has 1 aromatic carbocycles. The Labute approximate surface area is 109 Å². The Hall–Kier alpha value is -2.07. The molecule has 0 saturated heterocycles. The van der Waals surface area contributed by atoms with Crippen molar-refractivity contribution in [3.63, 3.8) is 0 Å². The molecule has 0 saturated carbocycles. The molecule has 0 fully saturated rings. The second-order valence-corrected chi connectivity index (χ2v) is 4.44. The van der Waals surface area contributed by atoms with Crippen molar-refractivity contribution in [2.75, 3.05) is 5.73 Å². The van der Waals surface area contributed by atoms with Gasteiger partial charge in [0.05, 0.1) is 5.69 Å². The first-order chi connectivity index (χ1) is 8.66. The van der Waals surface area contributed by atoms with Gasteiger partial charge in [0.1, 0.15) is 5.69 Å². The van der Waals surface area contributed by atoms with Crippen molar-refractivity contribution < 1.29 is 0 Å². The van der Waals surface area contributed by atoms with Gasteiger partial charge in [-0.05, 0) is 6.92 Å². The smallest absolute Gasteiger partial charge is 0.165 e. The third-order valence-corrected chi connectivity index (χ3v) is 3.12. The van der Waals surface area contributed by atoms with Gasteiger partial charge in [0.15, 0.2) is 16.6 Å². The van der Waals surface area contributed by atoms with Crippen LogP contribution >= 0.6 is 11.6 Å². The van der Waals surface area contributed by atoms with Crippen molar-refractivity contribution in [2.24, 2.45) is 0 Å². The van der Waals surface area contributed by atoms with Gasteiger partial charge < -0.3 is 5.73 Å². The number of rotatable bonds is 1. The van der Waals surface area contributed by atoms with Crippen LogP contribution in [0.5, 0.6) is 0 Å². The van der Waals surface area contributed by atoms with Crippen molar-refractivity contribution in [1.29, 1.82) is 0 Å². The Kier molecular flexibility index (Phi) is 2.45. The van der Waals surface area contributed by atoms with Crippen LogP contribution in [-0.2, 0) is 0 Å². The molecule has 0 unspecified atom stereocenters. The number of fused-ring (bicyclic) bond motifs is 1. The molecule has 2 aromatic heterocycles. The molecule has 0 radical (unpaired) electrons. The van der Waals surface area contributed by atoms with Crippen LogP contribution < -0.4 is 5.73 Å². The van der Waals surface area contributed by atoms with Crippen molar-refractivity contribution in [3.05, 3.63) is 47.4 Å². The summed E-state index contributed by atoms with van der Waals surface area (Å²) in [7, 11) is 0. The second kappa shape index (κ2) is 3.99. The summed E-state index contributed by atoms with van der Waals surface area (Å²) in [6, 6.07) is 9.80. The Morgan fingerprint density at radius 3 is 2.61 bits per heavy atom. The summed E-state index contributed by atoms with van der Waals surface area (Å²) in [6.07, 6.45) is 1.85. The predicted octanol–water partition coefficient (Wildman–Crippen LogP) is 2.94. The number of hydrogen-bond acceptors (Lipinski definition) is 3. The molecule has 3 rings (SSSR count). The summed E-state index contributed by atoms with van der Waals surface area (Å²) in [5, 5.41) is 0.394. The molecule has 2 heterocycles. The molecule has 0 aliphatic rings. The molecular weight excluding hydrogens is 248 g/mol. The average Bonchev–Trinajstić information content (AvgIpc) is 2.77. The number of halogens is 1. The molecule has 0 bridgehead atoms. The van der Waals surface area contributed by atoms with Gasteiger partial charge in [-0.25, -0.2) is 9.97 Å². The van der Waals surface area contributed by atoms with Crippen LogP contribution in [0.4, 0.5) is 5.82 Å². The van der Waals surface area contributed by atoms with Crippen LogP contribution in [0, 0.1) is 6.92 Å². The Balaban J connectivity index is 2.39. The molecule has 0 amide bonds. The number of nitrogens with zero attached hydrogens (tertiary/aromatic N) is 3. The number of imidazole rings is 1. The lowest BCUT2D eigenvalue weighted by Crippen LogP contribution is -2.00. The monoisotopic (exact) mass is 258 g/mol. The van der Waals surface area contributed by atoms with E-state index >= 15 is 0 Å². The zero-order valence-electron chi connectivity index (χ0n) is 9.76. The molecule has 0 aliphatic heterocycles. The number of aromatic nitrogens is 3. The minimum absolute atomic E-state index is 0.306. The molecular formula is C13H11ClN4. The van der Waals surface area contributed by atoms with E-state index in [-0.39, 0.29) is 0 Å². The minimum Gasteiger partial charge on any atom is -0.381 e. The largest absolute Gasteiger partial charge is 0.381 e. The fourth-order valence-corrected chi connectivity index (χ4v) is 2.12. The SMILES string of the molecule is Cc1cn2c(Cl)c(N)nc(-c3ccccc3)c2n1. The summed E-state index contributed by atoms with van der Waals surface area (Å²) in [5.74, 6) is 0.306. The highest BCUT2D eigenvalue weighted by Gasteiger charge is 2.13. The number of hydrogen-bond donors (Lipinski definition) is 1. The maximum absolute atomic E-state index is 6.13. The number of anilines is 1. The molecule has 5 heteroatoms. The predicted molar refractivity (Wildman–Crippen MR) is 72.6 cm³/mol. The fourth-order valence-electron chi connectivity index (χ4n) is 1.94. The van der Waals surface area contributed by atoms with Crippen molar-refractivity contribution >= 4 is 23.1 Å². The number of benzene rings is 1. The average molecular weight is 259 g/mol. The number of aryl methyl sites for hydroxylation is 1. The molecule has 90 valence electrons. The number of nitrogen functional groups attached to an aromatic ring is 1. The summed E-state index contributed by atoms with van der Waals surface area (Å²) >= 11 is 6.13. The third-order valence-electron chi connectivity index (χ3n) is 2.74. The highest BCUT2D eigenvalue weighted by molar-refractivity contribution is 6.32. The molecule has 0 spiro atoms. The lowest BCUT2D eigenvalue weighted by atomic mass is 10.1. The third kappa shape index (κ3) is 1.62. The van der Waals surface area contributed by atoms with Crippen molar-refractivity contribution in [2.45, 2.75) is 6.92 Å². The van der Waals surface area contributed by atoms with Crippen molar-refractivity contribution in [1.82, 2.24) is 14.4 Å². The molecule has 3 aromatic rings. The Morgan fingerprint density at radius 1 is 1.17 bits per heavy atom. The summed E-state index contributed by atoms with van der Waals surface area (Å²) in [6.45, 7) is 1.91. The lowest BCUT2D eigenvalue weighted by molar-refractivity contribution is 1.14. The van der Waals surface area contributed by atoms with Gasteiger partial charge in [0.25, 0.3) is 0 Å². The zero-order valence-corrected chi connectivity index (χ0v) is 10.5. The normalized spacial score (nSPS) is 11.0. The van der Waals surface area contributed by atoms with E-state index in [1.165, 1.54) is 0 Å². The van der Waals surface area contributed by atoms with Crippen LogP contribution in [0.25, 0.3) is 16.9 Å². The highest BCUT2D eigenvalue weighted by Crippen LogP contribution is 2.28. The van der Waals surface area contributed by atoms with Crippen molar-refractivity contribution in [3.8, 4) is 11.3 Å². The highest BCUT2D eigenvalue weighted by atomic mass is 35.5. The molecule has 2 N–H and O–H groups in total. The van der Waals surface area contributed by atoms with E-state index in [1.807, 2.05) is 43.5 Å². The fraction of sp³-hybridized carbons (Fsp3) is 0.0769. The molecule has 0 aliphatic carbocycles. The zero-order chi connectivity index (χ0) is 12.7. The Morgan fingerprint density at radius 2 is 1.89 bits per heavy atom. The first-order valence-electron chi connectivity index (χ1n) is 5.53. The van der Waals surface area contributed by atoms with Gasteiger partial charge in [0, 0.05) is 11.8 Å². The first kappa shape index (κ1) is 11.0. The van der Waals surface area contributed by atoms with Crippen LogP contribution in [0.15, 0.2) is 36.5 Å². The summed E-state index contributed by atoms with van der Waals surface area (Å²) in [5.41, 5.74) is 9.15. The van der Waals surface area contributed by atoms with E-state index in [0.717, 1.165) is 22.6 Å². The maximum atomic E-state index is 6.13. The van der Waals surface area contributed by atoms with Crippen LogP contribution in [-0.4, -0.2) is 14.4 Å². The standard InChI is InChI=1S/C13H11ClN4/c1-8-7-18-11(14)12(15)17-10(13(18)16-8)9-5-3-2-4-6-9/h2-7H,15H2,1H3. The van der Waals surface area contributed by atoms with E-state index in [0.29, 0.717) is 11.0 Å². The van der Waals surface area contributed by atoms with Crippen LogP contribution in [0.3, 0.4) is 0 Å². The van der Waals surface area contributed by atoms with Gasteiger partial charge in [-0.15, -0.1) is 0 Å². The van der Waals surface area contributed by atoms with Gasteiger partial charge in [-0.2, -0.15) is 0 Å². The van der Waals surface area contributed by atoms with E-state index in [4.69, 9.17) is 17.3 Å². The molecule has 0 atom stereocenters. The quantitative estimate of drug-likeness (QED) is 0.730. The van der Waals surface area contributed by atoms with E-state index in [2.05, 4.69) is 9.97 Å². The van der Waals surface area contributed by atoms with E-state index < -0.39 is 0 Å². The maximum Gasteiger partial charge on any atom is 0.165 e. The Bertz CT molecular complexity index is 719. The topological polar surface area (TPSA) is 56.2 Å². The van der Waals surface area contributed by atoms with Gasteiger partial charge in [-0.1, -0.05) is 41.9 Å². The molecule has 4 nitrogen and oxygen atoms in total. The summed E-state index contributed by atoms with van der Waals surface area (Å²) < 4.78 is 1.77. The van der Waals surface area contributed by atoms with E-state index in [9.17, 15) is 0 Å². The molecule has 18 heavy (non-hydrogen) atoms. The van der Waals surface area contributed by atoms with Crippen LogP contribution in [0.2, 0.25) is 5.15 Å². The second-order valence-electron chi connectivity index (χ2n) is 4.08. The van der Waals surface area contributed by atoms with Gasteiger partial charge >= 0.3 is 0 Å². The van der Waals surface area contributed by atoms with E-state index in [1.54, 1.807) is 4.40 Å². The van der Waals surface area contributed by atoms with Crippen LogP contribution in [0.1, 0.15) is 5.69 Å². The lowest BCUT2D eigenvalue weighted by Gasteiger charge is -2.07. The number of nitrogens with two attached hydrogens (primary N) is 1. The van der Waals surface area contributed by atoms with Gasteiger partial charge in [0.2, 0.25) is 0 Å².